The second-order valence-electron chi connectivity index (χ2n) is 6.32. The van der Waals surface area contributed by atoms with Gasteiger partial charge >= 0.3 is 0 Å². The summed E-state index contributed by atoms with van der Waals surface area (Å²) in [6.07, 6.45) is 4.01. The van der Waals surface area contributed by atoms with E-state index in [1.54, 1.807) is 0 Å². The van der Waals surface area contributed by atoms with E-state index in [2.05, 4.69) is 21.6 Å². The van der Waals surface area contributed by atoms with E-state index in [1.807, 2.05) is 47.9 Å². The van der Waals surface area contributed by atoms with E-state index in [0.717, 1.165) is 30.2 Å². The number of hydrogen-bond donors (Lipinski definition) is 1. The number of benzene rings is 1. The Labute approximate surface area is 145 Å². The van der Waals surface area contributed by atoms with Gasteiger partial charge in [-0.2, -0.15) is 0 Å². The number of aryl methyl sites for hydroxylation is 1. The minimum atomic E-state index is -0.196. The van der Waals surface area contributed by atoms with Gasteiger partial charge in [-0.25, -0.2) is 0 Å². The van der Waals surface area contributed by atoms with Crippen molar-refractivity contribution in [2.75, 3.05) is 6.61 Å². The lowest BCUT2D eigenvalue weighted by Crippen LogP contribution is -2.28. The smallest absolute Gasteiger partial charge is 0.220 e. The zero-order valence-electron chi connectivity index (χ0n) is 14.1. The molecule has 0 aliphatic carbocycles. The zero-order chi connectivity index (χ0) is 17.2. The Morgan fingerprint density at radius 3 is 3.16 bits per heavy atom. The Morgan fingerprint density at radius 2 is 2.24 bits per heavy atom. The standard InChI is InChI=1S/C19H20N4O2/c1-13(19-22-21-17-4-2-3-10-23(17)19)20-18(24)8-6-14-5-7-16-15(12-14)9-11-25-16/h2-5,7,10,12-13H,6,8-9,11H2,1H3,(H,20,24). The predicted octanol–water partition coefficient (Wildman–Crippen LogP) is 2.47. The lowest BCUT2D eigenvalue weighted by atomic mass is 10.0. The van der Waals surface area contributed by atoms with Crippen LogP contribution in [0.5, 0.6) is 5.75 Å². The summed E-state index contributed by atoms with van der Waals surface area (Å²) in [5.74, 6) is 1.72. The minimum absolute atomic E-state index is 0.0110. The second-order valence-corrected chi connectivity index (χ2v) is 6.32. The summed E-state index contributed by atoms with van der Waals surface area (Å²) in [5.41, 5.74) is 3.18. The van der Waals surface area contributed by atoms with E-state index < -0.39 is 0 Å². The molecule has 3 heterocycles. The molecule has 0 spiro atoms. The van der Waals surface area contributed by atoms with E-state index in [0.29, 0.717) is 12.8 Å². The number of pyridine rings is 1. The van der Waals surface area contributed by atoms with Crippen molar-refractivity contribution in [3.05, 3.63) is 59.5 Å². The molecule has 0 fully saturated rings. The van der Waals surface area contributed by atoms with Gasteiger partial charge in [0.05, 0.1) is 12.6 Å². The van der Waals surface area contributed by atoms with Crippen molar-refractivity contribution < 1.29 is 9.53 Å². The monoisotopic (exact) mass is 336 g/mol. The van der Waals surface area contributed by atoms with Crippen LogP contribution in [0.1, 0.15) is 36.3 Å². The van der Waals surface area contributed by atoms with Crippen LogP contribution >= 0.6 is 0 Å². The zero-order valence-corrected chi connectivity index (χ0v) is 14.1. The maximum Gasteiger partial charge on any atom is 0.220 e. The van der Waals surface area contributed by atoms with Crippen LogP contribution in [0.2, 0.25) is 0 Å². The van der Waals surface area contributed by atoms with E-state index in [-0.39, 0.29) is 11.9 Å². The number of ether oxygens (including phenoxy) is 1. The maximum absolute atomic E-state index is 12.3. The van der Waals surface area contributed by atoms with Gasteiger partial charge in [-0.05, 0) is 42.7 Å². The molecule has 0 bridgehead atoms. The van der Waals surface area contributed by atoms with Crippen LogP contribution in [0.15, 0.2) is 42.6 Å². The van der Waals surface area contributed by atoms with Gasteiger partial charge < -0.3 is 10.1 Å². The maximum atomic E-state index is 12.3. The minimum Gasteiger partial charge on any atom is -0.493 e. The van der Waals surface area contributed by atoms with Crippen LogP contribution < -0.4 is 10.1 Å². The number of nitrogens with zero attached hydrogens (tertiary/aromatic N) is 3. The first-order valence-electron chi connectivity index (χ1n) is 8.54. The number of carbonyl (C=O) groups excluding carboxylic acids is 1. The van der Waals surface area contributed by atoms with Crippen molar-refractivity contribution in [1.82, 2.24) is 19.9 Å². The third-order valence-corrected chi connectivity index (χ3v) is 4.50. The van der Waals surface area contributed by atoms with E-state index in [9.17, 15) is 4.79 Å². The van der Waals surface area contributed by atoms with Gasteiger partial charge in [-0.1, -0.05) is 18.2 Å². The molecule has 25 heavy (non-hydrogen) atoms. The van der Waals surface area contributed by atoms with Crippen molar-refractivity contribution in [2.24, 2.45) is 0 Å². The van der Waals surface area contributed by atoms with Gasteiger partial charge in [0, 0.05) is 19.0 Å². The lowest BCUT2D eigenvalue weighted by molar-refractivity contribution is -0.121. The summed E-state index contributed by atoms with van der Waals surface area (Å²) in [7, 11) is 0. The fraction of sp³-hybridized carbons (Fsp3) is 0.316. The molecule has 0 saturated heterocycles. The first-order valence-corrected chi connectivity index (χ1v) is 8.54. The average molecular weight is 336 g/mol. The molecule has 1 aromatic carbocycles. The largest absolute Gasteiger partial charge is 0.493 e. The highest BCUT2D eigenvalue weighted by Crippen LogP contribution is 2.26. The first-order chi connectivity index (χ1) is 12.2. The fourth-order valence-corrected chi connectivity index (χ4v) is 3.19. The molecule has 6 heteroatoms. The van der Waals surface area contributed by atoms with E-state index in [1.165, 1.54) is 11.1 Å². The van der Waals surface area contributed by atoms with Crippen molar-refractivity contribution in [2.45, 2.75) is 32.2 Å². The lowest BCUT2D eigenvalue weighted by Gasteiger charge is -2.12. The van der Waals surface area contributed by atoms with Gasteiger partial charge in [0.15, 0.2) is 11.5 Å². The number of rotatable bonds is 5. The van der Waals surface area contributed by atoms with Crippen LogP contribution in [0.3, 0.4) is 0 Å². The Balaban J connectivity index is 1.37. The quantitative estimate of drug-likeness (QED) is 0.777. The summed E-state index contributed by atoms with van der Waals surface area (Å²) >= 11 is 0. The summed E-state index contributed by atoms with van der Waals surface area (Å²) in [5, 5.41) is 11.3. The van der Waals surface area contributed by atoms with Crippen LogP contribution in [0, 0.1) is 0 Å². The molecule has 1 aliphatic heterocycles. The van der Waals surface area contributed by atoms with Gasteiger partial charge in [0.25, 0.3) is 0 Å². The Bertz CT molecular complexity index is 919. The SMILES string of the molecule is CC(NC(=O)CCc1ccc2c(c1)CCO2)c1nnc2ccccn12. The number of aromatic nitrogens is 3. The molecule has 1 aliphatic rings. The van der Waals surface area contributed by atoms with Crippen molar-refractivity contribution in [3.8, 4) is 5.75 Å². The molecular formula is C19H20N4O2. The van der Waals surface area contributed by atoms with Crippen molar-refractivity contribution in [1.29, 1.82) is 0 Å². The highest BCUT2D eigenvalue weighted by Gasteiger charge is 2.16. The van der Waals surface area contributed by atoms with Gasteiger partial charge in [0.1, 0.15) is 5.75 Å². The van der Waals surface area contributed by atoms with Crippen LogP contribution in [0.4, 0.5) is 0 Å². The number of amides is 1. The summed E-state index contributed by atoms with van der Waals surface area (Å²) in [6.45, 7) is 2.68. The topological polar surface area (TPSA) is 68.5 Å². The van der Waals surface area contributed by atoms with Gasteiger partial charge in [-0.3, -0.25) is 9.20 Å². The molecule has 0 radical (unpaired) electrons. The highest BCUT2D eigenvalue weighted by atomic mass is 16.5. The fourth-order valence-electron chi connectivity index (χ4n) is 3.19. The molecule has 0 saturated carbocycles. The Hall–Kier alpha value is -2.89. The second kappa shape index (κ2) is 6.55. The van der Waals surface area contributed by atoms with E-state index >= 15 is 0 Å². The summed E-state index contributed by atoms with van der Waals surface area (Å²) < 4.78 is 7.41. The number of hydrogen-bond acceptors (Lipinski definition) is 4. The van der Waals surface area contributed by atoms with Crippen LogP contribution in [-0.2, 0) is 17.6 Å². The van der Waals surface area contributed by atoms with Crippen molar-refractivity contribution >= 4 is 11.6 Å². The molecule has 2 aromatic heterocycles. The molecule has 6 nitrogen and oxygen atoms in total. The van der Waals surface area contributed by atoms with Gasteiger partial charge in [0.2, 0.25) is 5.91 Å². The molecule has 1 atom stereocenters. The molecule has 128 valence electrons. The molecule has 3 aromatic rings. The number of nitrogens with one attached hydrogen (secondary N) is 1. The molecular weight excluding hydrogens is 316 g/mol. The number of fused-ring (bicyclic) bond motifs is 2. The third-order valence-electron chi connectivity index (χ3n) is 4.50. The van der Waals surface area contributed by atoms with Crippen LogP contribution in [-0.4, -0.2) is 27.1 Å². The third kappa shape index (κ3) is 3.20. The normalized spacial score (nSPS) is 14.1. The Kier molecular flexibility index (Phi) is 4.09. The van der Waals surface area contributed by atoms with Crippen molar-refractivity contribution in [3.63, 3.8) is 0 Å². The Morgan fingerprint density at radius 1 is 1.32 bits per heavy atom. The first kappa shape index (κ1) is 15.6. The van der Waals surface area contributed by atoms with E-state index in [4.69, 9.17) is 4.74 Å². The van der Waals surface area contributed by atoms with Crippen LogP contribution in [0.25, 0.3) is 5.65 Å². The molecule has 4 rings (SSSR count). The summed E-state index contributed by atoms with van der Waals surface area (Å²) in [6, 6.07) is 11.7. The molecule has 1 unspecified atom stereocenters. The number of carbonyl (C=O) groups is 1. The molecule has 1 N–H and O–H groups in total. The van der Waals surface area contributed by atoms with Gasteiger partial charge in [-0.15, -0.1) is 10.2 Å². The predicted molar refractivity (Wildman–Crippen MR) is 93.5 cm³/mol. The average Bonchev–Trinajstić information content (AvgIpc) is 3.26. The highest BCUT2D eigenvalue weighted by molar-refractivity contribution is 5.76. The summed E-state index contributed by atoms with van der Waals surface area (Å²) in [4.78, 5) is 12.3. The molecule has 1 amide bonds.